The van der Waals surface area contributed by atoms with Gasteiger partial charge in [0.2, 0.25) is 0 Å². The molecular formula is C12H17ClO2. The Hall–Kier alpha value is -0.570. The van der Waals surface area contributed by atoms with Crippen molar-refractivity contribution in [2.24, 2.45) is 0 Å². The number of aliphatic hydroxyl groups excluding tert-OH is 2. The van der Waals surface area contributed by atoms with Gasteiger partial charge >= 0.3 is 0 Å². The molecule has 2 nitrogen and oxygen atoms in total. The first kappa shape index (κ1) is 12.5. The molecule has 1 aromatic rings. The quantitative estimate of drug-likeness (QED) is 0.813. The van der Waals surface area contributed by atoms with E-state index >= 15 is 0 Å². The lowest BCUT2D eigenvalue weighted by molar-refractivity contribution is 0.0130. The minimum Gasteiger partial charge on any atom is -0.390 e. The molecule has 0 fully saturated rings. The van der Waals surface area contributed by atoms with Gasteiger partial charge in [0.05, 0.1) is 12.2 Å². The van der Waals surface area contributed by atoms with E-state index in [2.05, 4.69) is 0 Å². The average molecular weight is 229 g/mol. The Morgan fingerprint density at radius 1 is 1.13 bits per heavy atom. The summed E-state index contributed by atoms with van der Waals surface area (Å²) in [5.74, 6) is 0. The fourth-order valence-electron chi connectivity index (χ4n) is 1.43. The number of hydrogen-bond acceptors (Lipinski definition) is 2. The molecule has 0 radical (unpaired) electrons. The Labute approximate surface area is 95.5 Å². The fourth-order valence-corrected chi connectivity index (χ4v) is 1.56. The molecule has 1 aromatic carbocycles. The molecule has 0 aliphatic heterocycles. The van der Waals surface area contributed by atoms with Gasteiger partial charge in [-0.3, -0.25) is 0 Å². The summed E-state index contributed by atoms with van der Waals surface area (Å²) in [4.78, 5) is 0. The summed E-state index contributed by atoms with van der Waals surface area (Å²) in [7, 11) is 0. The summed E-state index contributed by atoms with van der Waals surface area (Å²) in [6.07, 6.45) is 0.677. The zero-order chi connectivity index (χ0) is 11.3. The van der Waals surface area contributed by atoms with Crippen molar-refractivity contribution in [3.05, 3.63) is 34.9 Å². The van der Waals surface area contributed by atoms with Gasteiger partial charge in [-0.1, -0.05) is 30.7 Å². The van der Waals surface area contributed by atoms with E-state index in [1.165, 1.54) is 0 Å². The molecule has 2 atom stereocenters. The van der Waals surface area contributed by atoms with Crippen LogP contribution in [0.1, 0.15) is 25.3 Å². The molecule has 0 saturated carbocycles. The second kappa shape index (κ2) is 6.11. The van der Waals surface area contributed by atoms with Crippen LogP contribution in [0, 0.1) is 0 Å². The van der Waals surface area contributed by atoms with E-state index < -0.39 is 12.2 Å². The largest absolute Gasteiger partial charge is 0.390 e. The molecule has 0 aromatic heterocycles. The molecular weight excluding hydrogens is 212 g/mol. The summed E-state index contributed by atoms with van der Waals surface area (Å²) >= 11 is 5.76. The van der Waals surface area contributed by atoms with Gasteiger partial charge in [0.1, 0.15) is 0 Å². The van der Waals surface area contributed by atoms with Gasteiger partial charge in [0, 0.05) is 5.02 Å². The van der Waals surface area contributed by atoms with Crippen LogP contribution in [0.25, 0.3) is 0 Å². The Morgan fingerprint density at radius 3 is 2.27 bits per heavy atom. The monoisotopic (exact) mass is 228 g/mol. The van der Waals surface area contributed by atoms with Crippen LogP contribution in [0.3, 0.4) is 0 Å². The zero-order valence-electron chi connectivity index (χ0n) is 8.86. The average Bonchev–Trinajstić information content (AvgIpc) is 2.26. The normalized spacial score (nSPS) is 14.9. The summed E-state index contributed by atoms with van der Waals surface area (Å²) in [5, 5.41) is 19.7. The van der Waals surface area contributed by atoms with Gasteiger partial charge in [-0.15, -0.1) is 0 Å². The van der Waals surface area contributed by atoms with Crippen LogP contribution in [0.5, 0.6) is 0 Å². The summed E-state index contributed by atoms with van der Waals surface area (Å²) < 4.78 is 0. The second-order valence-corrected chi connectivity index (χ2v) is 4.14. The first-order valence-corrected chi connectivity index (χ1v) is 5.62. The maximum Gasteiger partial charge on any atom is 0.0802 e. The molecule has 0 spiro atoms. The van der Waals surface area contributed by atoms with E-state index in [9.17, 15) is 10.2 Å². The van der Waals surface area contributed by atoms with E-state index in [0.29, 0.717) is 17.9 Å². The van der Waals surface area contributed by atoms with Gasteiger partial charge < -0.3 is 10.2 Å². The van der Waals surface area contributed by atoms with E-state index in [1.54, 1.807) is 0 Å². The summed E-state index contributed by atoms with van der Waals surface area (Å²) in [5.41, 5.74) is 1.13. The van der Waals surface area contributed by atoms with Gasteiger partial charge in [0.15, 0.2) is 0 Å². The molecule has 0 bridgehead atoms. The van der Waals surface area contributed by atoms with Crippen LogP contribution in [0.15, 0.2) is 24.3 Å². The van der Waals surface area contributed by atoms with E-state index in [-0.39, 0.29) is 0 Å². The number of rotatable bonds is 5. The Balaban J connectivity index is 2.40. The third-order valence-electron chi connectivity index (χ3n) is 2.50. The van der Waals surface area contributed by atoms with Crippen LogP contribution >= 0.6 is 11.6 Å². The van der Waals surface area contributed by atoms with Crippen LogP contribution in [0.2, 0.25) is 5.02 Å². The van der Waals surface area contributed by atoms with Crippen molar-refractivity contribution in [3.8, 4) is 0 Å². The van der Waals surface area contributed by atoms with Crippen molar-refractivity contribution < 1.29 is 10.2 Å². The number of benzene rings is 1. The fraction of sp³-hybridized carbons (Fsp3) is 0.500. The predicted octanol–water partition coefficient (Wildman–Crippen LogP) is 2.40. The van der Waals surface area contributed by atoms with Crippen molar-refractivity contribution in [3.63, 3.8) is 0 Å². The van der Waals surface area contributed by atoms with Crippen molar-refractivity contribution in [2.45, 2.75) is 38.4 Å². The first-order chi connectivity index (χ1) is 7.13. The van der Waals surface area contributed by atoms with E-state index in [4.69, 9.17) is 11.6 Å². The van der Waals surface area contributed by atoms with Crippen molar-refractivity contribution in [1.82, 2.24) is 0 Å². The molecule has 0 aliphatic rings. The lowest BCUT2D eigenvalue weighted by Crippen LogP contribution is -2.25. The smallest absolute Gasteiger partial charge is 0.0802 e. The maximum absolute atomic E-state index is 9.56. The predicted molar refractivity (Wildman–Crippen MR) is 62.1 cm³/mol. The summed E-state index contributed by atoms with van der Waals surface area (Å²) in [6.45, 7) is 1.86. The minimum absolute atomic E-state index is 0.580. The number of halogens is 1. The van der Waals surface area contributed by atoms with Crippen molar-refractivity contribution in [2.75, 3.05) is 0 Å². The molecule has 1 rings (SSSR count). The van der Waals surface area contributed by atoms with Crippen LogP contribution in [-0.4, -0.2) is 22.4 Å². The van der Waals surface area contributed by atoms with Crippen LogP contribution in [0.4, 0.5) is 0 Å². The van der Waals surface area contributed by atoms with Gasteiger partial charge in [0.25, 0.3) is 0 Å². The molecule has 2 unspecified atom stereocenters. The van der Waals surface area contributed by atoms with E-state index in [1.807, 2.05) is 31.2 Å². The maximum atomic E-state index is 9.56. The molecule has 0 aliphatic carbocycles. The van der Waals surface area contributed by atoms with Crippen LogP contribution < -0.4 is 0 Å². The lowest BCUT2D eigenvalue weighted by Gasteiger charge is -2.15. The highest BCUT2D eigenvalue weighted by molar-refractivity contribution is 6.30. The lowest BCUT2D eigenvalue weighted by atomic mass is 10.0. The van der Waals surface area contributed by atoms with Gasteiger partial charge in [-0.05, 0) is 37.0 Å². The number of aliphatic hydroxyl groups is 2. The number of aryl methyl sites for hydroxylation is 1. The molecule has 15 heavy (non-hydrogen) atoms. The Kier molecular flexibility index (Phi) is 5.09. The minimum atomic E-state index is -0.634. The van der Waals surface area contributed by atoms with Gasteiger partial charge in [-0.25, -0.2) is 0 Å². The summed E-state index contributed by atoms with van der Waals surface area (Å²) in [6, 6.07) is 7.54. The molecule has 0 saturated heterocycles. The Bertz CT molecular complexity index is 284. The molecule has 0 heterocycles. The number of hydrogen-bond donors (Lipinski definition) is 2. The van der Waals surface area contributed by atoms with E-state index in [0.717, 1.165) is 12.0 Å². The van der Waals surface area contributed by atoms with Crippen LogP contribution in [-0.2, 0) is 6.42 Å². The molecule has 0 amide bonds. The highest BCUT2D eigenvalue weighted by Crippen LogP contribution is 2.13. The molecule has 2 N–H and O–H groups in total. The van der Waals surface area contributed by atoms with Crippen molar-refractivity contribution in [1.29, 1.82) is 0 Å². The Morgan fingerprint density at radius 2 is 1.73 bits per heavy atom. The topological polar surface area (TPSA) is 40.5 Å². The molecule has 3 heteroatoms. The third-order valence-corrected chi connectivity index (χ3v) is 2.76. The second-order valence-electron chi connectivity index (χ2n) is 3.71. The van der Waals surface area contributed by atoms with Crippen molar-refractivity contribution >= 4 is 11.6 Å². The molecule has 84 valence electrons. The highest BCUT2D eigenvalue weighted by atomic mass is 35.5. The SMILES string of the molecule is CCC(O)C(O)CCc1ccc(Cl)cc1. The third kappa shape index (κ3) is 4.20. The standard InChI is InChI=1S/C12H17ClO2/c1-2-11(14)12(15)8-5-9-3-6-10(13)7-4-9/h3-4,6-7,11-12,14-15H,2,5,8H2,1H3. The zero-order valence-corrected chi connectivity index (χ0v) is 9.61. The first-order valence-electron chi connectivity index (χ1n) is 5.24. The van der Waals surface area contributed by atoms with Gasteiger partial charge in [-0.2, -0.15) is 0 Å². The highest BCUT2D eigenvalue weighted by Gasteiger charge is 2.13.